The van der Waals surface area contributed by atoms with Crippen molar-refractivity contribution in [2.45, 2.75) is 0 Å². The van der Waals surface area contributed by atoms with E-state index in [0.717, 1.165) is 34.0 Å². The van der Waals surface area contributed by atoms with Crippen LogP contribution in [0.15, 0.2) is 54.6 Å². The molecule has 0 aliphatic heterocycles. The number of rotatable bonds is 1. The number of hydrogen-bond donors (Lipinski definition) is 1. The lowest BCUT2D eigenvalue weighted by Gasteiger charge is -2.10. The molecule has 0 amide bonds. The molecule has 0 aliphatic rings. The molecule has 0 saturated heterocycles. The molecule has 1 N–H and O–H groups in total. The Kier molecular flexibility index (Phi) is 3.16. The Balaban J connectivity index is 0.000000636. The molecule has 0 unspecified atom stereocenters. The van der Waals surface area contributed by atoms with Crippen LogP contribution in [0.2, 0.25) is 0 Å². The molecule has 4 nitrogen and oxygen atoms in total. The summed E-state index contributed by atoms with van der Waals surface area (Å²) in [5, 5.41) is 24.3. The van der Waals surface area contributed by atoms with Crippen molar-refractivity contribution < 1.29 is 10.0 Å². The van der Waals surface area contributed by atoms with Gasteiger partial charge in [-0.3, -0.25) is 10.1 Å². The largest absolute Gasteiger partial charge is 0.400 e. The minimum absolute atomic E-state index is 0.172. The van der Waals surface area contributed by atoms with Gasteiger partial charge in [-0.25, -0.2) is 0 Å². The average Bonchev–Trinajstić information content (AvgIpc) is 2.54. The fraction of sp³-hybridized carbons (Fsp3) is 0.0588. The molecule has 4 aromatic rings. The summed E-state index contributed by atoms with van der Waals surface area (Å²) < 4.78 is 0. The molecule has 0 atom stereocenters. The maximum absolute atomic E-state index is 11.2. The van der Waals surface area contributed by atoms with Crippen molar-refractivity contribution in [2.24, 2.45) is 0 Å². The average molecular weight is 279 g/mol. The number of aliphatic hydroxyl groups excluding tert-OH is 1. The highest BCUT2D eigenvalue weighted by Gasteiger charge is 2.16. The number of benzene rings is 4. The van der Waals surface area contributed by atoms with Crippen molar-refractivity contribution in [1.82, 2.24) is 0 Å². The lowest BCUT2D eigenvalue weighted by Crippen LogP contribution is -1.91. The molecule has 0 spiro atoms. The molecule has 0 saturated carbocycles. The molecule has 4 aromatic carbocycles. The van der Waals surface area contributed by atoms with Crippen molar-refractivity contribution in [3.8, 4) is 0 Å². The van der Waals surface area contributed by atoms with E-state index in [1.165, 1.54) is 0 Å². The lowest BCUT2D eigenvalue weighted by atomic mass is 9.94. The molecule has 0 fully saturated rings. The third-order valence-corrected chi connectivity index (χ3v) is 3.70. The van der Waals surface area contributed by atoms with E-state index in [4.69, 9.17) is 5.11 Å². The van der Waals surface area contributed by atoms with Gasteiger partial charge in [-0.2, -0.15) is 0 Å². The summed E-state index contributed by atoms with van der Waals surface area (Å²) >= 11 is 0. The zero-order valence-electron chi connectivity index (χ0n) is 11.4. The first-order valence-electron chi connectivity index (χ1n) is 6.51. The van der Waals surface area contributed by atoms with Crippen LogP contribution in [-0.4, -0.2) is 17.1 Å². The Morgan fingerprint density at radius 2 is 1.33 bits per heavy atom. The summed E-state index contributed by atoms with van der Waals surface area (Å²) in [4.78, 5) is 10.8. The van der Waals surface area contributed by atoms with Gasteiger partial charge in [0, 0.05) is 18.6 Å². The van der Waals surface area contributed by atoms with Crippen molar-refractivity contribution in [2.75, 3.05) is 7.11 Å². The van der Waals surface area contributed by atoms with Crippen LogP contribution in [0.1, 0.15) is 0 Å². The van der Waals surface area contributed by atoms with Crippen LogP contribution in [0.3, 0.4) is 0 Å². The van der Waals surface area contributed by atoms with Crippen LogP contribution >= 0.6 is 0 Å². The Hall–Kier alpha value is -2.72. The molecule has 4 rings (SSSR count). The van der Waals surface area contributed by atoms with Gasteiger partial charge in [-0.05, 0) is 33.7 Å². The number of nitro groups is 1. The Morgan fingerprint density at radius 1 is 0.810 bits per heavy atom. The lowest BCUT2D eigenvalue weighted by molar-refractivity contribution is -0.383. The van der Waals surface area contributed by atoms with E-state index >= 15 is 0 Å². The van der Waals surface area contributed by atoms with Gasteiger partial charge >= 0.3 is 0 Å². The summed E-state index contributed by atoms with van der Waals surface area (Å²) in [6.45, 7) is 0. The van der Waals surface area contributed by atoms with Crippen LogP contribution in [0.25, 0.3) is 32.3 Å². The topological polar surface area (TPSA) is 63.4 Å². The fourth-order valence-electron chi connectivity index (χ4n) is 2.88. The van der Waals surface area contributed by atoms with E-state index in [2.05, 4.69) is 6.07 Å². The third kappa shape index (κ3) is 1.88. The molecular formula is C17H13NO3. The van der Waals surface area contributed by atoms with Gasteiger partial charge in [0.05, 0.1) is 10.3 Å². The predicted molar refractivity (Wildman–Crippen MR) is 84.9 cm³/mol. The van der Waals surface area contributed by atoms with Gasteiger partial charge < -0.3 is 5.11 Å². The van der Waals surface area contributed by atoms with Gasteiger partial charge in [0.1, 0.15) is 0 Å². The second kappa shape index (κ2) is 5.00. The predicted octanol–water partition coefficient (Wildman–Crippen LogP) is 4.10. The summed E-state index contributed by atoms with van der Waals surface area (Å²) in [6, 6.07) is 17.4. The summed E-state index contributed by atoms with van der Waals surface area (Å²) in [5.41, 5.74) is 0.172. The van der Waals surface area contributed by atoms with Crippen molar-refractivity contribution in [3.05, 3.63) is 64.7 Å². The second-order valence-corrected chi connectivity index (χ2v) is 4.70. The Morgan fingerprint density at radius 3 is 1.95 bits per heavy atom. The summed E-state index contributed by atoms with van der Waals surface area (Å²) in [5.74, 6) is 0. The molecule has 21 heavy (non-hydrogen) atoms. The Labute approximate surface area is 120 Å². The SMILES string of the molecule is CO.O=[N+]([O-])c1ccc2ccc3cccc4ccc1c2c34. The molecule has 104 valence electrons. The molecular weight excluding hydrogens is 266 g/mol. The minimum Gasteiger partial charge on any atom is -0.400 e. The number of nitrogens with zero attached hydrogens (tertiary/aromatic N) is 1. The Bertz CT molecular complexity index is 931. The highest BCUT2D eigenvalue weighted by molar-refractivity contribution is 6.24. The molecule has 0 aromatic heterocycles. The van der Waals surface area contributed by atoms with Gasteiger partial charge in [0.2, 0.25) is 0 Å². The van der Waals surface area contributed by atoms with Crippen molar-refractivity contribution >= 4 is 38.0 Å². The van der Waals surface area contributed by atoms with E-state index in [1.807, 2.05) is 42.5 Å². The summed E-state index contributed by atoms with van der Waals surface area (Å²) in [7, 11) is 1.00. The van der Waals surface area contributed by atoms with Crippen molar-refractivity contribution in [3.63, 3.8) is 0 Å². The molecule has 0 aliphatic carbocycles. The standard InChI is InChI=1S/C16H9NO2.CH4O/c18-17(19)14-9-7-12-5-4-10-2-1-3-11-6-8-13(14)16(12)15(10)11;1-2/h1-9H;2H,1H3. The normalized spacial score (nSPS) is 10.8. The van der Waals surface area contributed by atoms with Gasteiger partial charge in [0.15, 0.2) is 0 Å². The van der Waals surface area contributed by atoms with E-state index in [9.17, 15) is 10.1 Å². The van der Waals surface area contributed by atoms with Crippen molar-refractivity contribution in [1.29, 1.82) is 0 Å². The quantitative estimate of drug-likeness (QED) is 0.324. The highest BCUT2D eigenvalue weighted by atomic mass is 16.6. The minimum atomic E-state index is -0.314. The number of hydrogen-bond acceptors (Lipinski definition) is 3. The second-order valence-electron chi connectivity index (χ2n) is 4.70. The van der Waals surface area contributed by atoms with E-state index in [-0.39, 0.29) is 10.6 Å². The third-order valence-electron chi connectivity index (χ3n) is 3.70. The van der Waals surface area contributed by atoms with E-state index in [0.29, 0.717) is 5.39 Å². The first-order chi connectivity index (χ1) is 10.3. The van der Waals surface area contributed by atoms with Gasteiger partial charge in [0.25, 0.3) is 5.69 Å². The van der Waals surface area contributed by atoms with E-state index in [1.54, 1.807) is 6.07 Å². The molecule has 4 heteroatoms. The van der Waals surface area contributed by atoms with Gasteiger partial charge in [-0.15, -0.1) is 0 Å². The number of aliphatic hydroxyl groups is 1. The van der Waals surface area contributed by atoms with Crippen LogP contribution in [0.5, 0.6) is 0 Å². The number of non-ortho nitro benzene ring substituents is 1. The zero-order valence-corrected chi connectivity index (χ0v) is 11.4. The summed E-state index contributed by atoms with van der Waals surface area (Å²) in [6.07, 6.45) is 0. The smallest absolute Gasteiger partial charge is 0.277 e. The monoisotopic (exact) mass is 279 g/mol. The molecule has 0 radical (unpaired) electrons. The van der Waals surface area contributed by atoms with Crippen LogP contribution in [0, 0.1) is 10.1 Å². The maximum Gasteiger partial charge on any atom is 0.277 e. The van der Waals surface area contributed by atoms with Crippen LogP contribution in [-0.2, 0) is 0 Å². The van der Waals surface area contributed by atoms with Crippen LogP contribution < -0.4 is 0 Å². The van der Waals surface area contributed by atoms with E-state index < -0.39 is 0 Å². The first-order valence-corrected chi connectivity index (χ1v) is 6.51. The fourth-order valence-corrected chi connectivity index (χ4v) is 2.88. The number of nitro benzene ring substituents is 1. The molecule has 0 heterocycles. The highest BCUT2D eigenvalue weighted by Crippen LogP contribution is 2.38. The molecule has 0 bridgehead atoms. The maximum atomic E-state index is 11.2. The first kappa shape index (κ1) is 13.3. The van der Waals surface area contributed by atoms with Gasteiger partial charge in [-0.1, -0.05) is 36.4 Å². The van der Waals surface area contributed by atoms with Crippen LogP contribution in [0.4, 0.5) is 5.69 Å². The zero-order chi connectivity index (χ0) is 15.0.